The van der Waals surface area contributed by atoms with E-state index in [-0.39, 0.29) is 12.1 Å². The van der Waals surface area contributed by atoms with Crippen molar-refractivity contribution < 1.29 is 5.11 Å². The van der Waals surface area contributed by atoms with E-state index >= 15 is 0 Å². The largest absolute Gasteiger partial charge is 0.387 e. The lowest BCUT2D eigenvalue weighted by Gasteiger charge is -2.41. The van der Waals surface area contributed by atoms with Crippen LogP contribution in [-0.2, 0) is 0 Å². The van der Waals surface area contributed by atoms with E-state index in [1.165, 1.54) is 32.1 Å². The smallest absolute Gasteiger partial charge is 0.0945 e. The molecule has 1 N–H and O–H groups in total. The highest BCUT2D eigenvalue weighted by molar-refractivity contribution is 5.19. The molecule has 0 bridgehead atoms. The molecule has 2 heteroatoms. The topological polar surface area (TPSA) is 23.5 Å². The Morgan fingerprint density at radius 2 is 1.75 bits per heavy atom. The molecule has 0 aliphatic heterocycles. The van der Waals surface area contributed by atoms with Crippen LogP contribution >= 0.6 is 0 Å². The second-order valence-corrected chi connectivity index (χ2v) is 5.95. The van der Waals surface area contributed by atoms with Crippen LogP contribution in [0.3, 0.4) is 0 Å². The van der Waals surface area contributed by atoms with Gasteiger partial charge in [-0.2, -0.15) is 0 Å². The molecule has 1 aliphatic carbocycles. The monoisotopic (exact) mass is 275 g/mol. The van der Waals surface area contributed by atoms with Crippen LogP contribution in [0.4, 0.5) is 0 Å². The van der Waals surface area contributed by atoms with Gasteiger partial charge in [0.25, 0.3) is 0 Å². The fourth-order valence-electron chi connectivity index (χ4n) is 3.69. The van der Waals surface area contributed by atoms with E-state index in [4.69, 9.17) is 0 Å². The maximum Gasteiger partial charge on any atom is 0.0945 e. The van der Waals surface area contributed by atoms with Crippen molar-refractivity contribution in [3.63, 3.8) is 0 Å². The molecule has 2 nitrogen and oxygen atoms in total. The SMILES string of the molecule is CCC(C(O)c1ccccc1)N(CC)C1CCCCC1. The summed E-state index contributed by atoms with van der Waals surface area (Å²) in [6, 6.07) is 11.0. The lowest BCUT2D eigenvalue weighted by molar-refractivity contribution is 0.0133. The zero-order chi connectivity index (χ0) is 14.4. The number of hydrogen-bond acceptors (Lipinski definition) is 2. The van der Waals surface area contributed by atoms with Crippen molar-refractivity contribution in [2.75, 3.05) is 6.54 Å². The minimum Gasteiger partial charge on any atom is -0.387 e. The number of nitrogens with zero attached hydrogens (tertiary/aromatic N) is 1. The van der Waals surface area contributed by atoms with Crippen LogP contribution in [0.25, 0.3) is 0 Å². The maximum atomic E-state index is 10.8. The standard InChI is InChI=1S/C18H29NO/c1-3-17(18(20)15-11-7-5-8-12-15)19(4-2)16-13-9-6-10-14-16/h5,7-8,11-12,16-18,20H,3-4,6,9-10,13-14H2,1-2H3. The van der Waals surface area contributed by atoms with E-state index in [1.807, 2.05) is 30.3 Å². The summed E-state index contributed by atoms with van der Waals surface area (Å²) >= 11 is 0. The average molecular weight is 275 g/mol. The van der Waals surface area contributed by atoms with Crippen LogP contribution in [0.2, 0.25) is 0 Å². The molecule has 1 aliphatic rings. The number of likely N-dealkylation sites (N-methyl/N-ethyl adjacent to an activating group) is 1. The van der Waals surface area contributed by atoms with Gasteiger partial charge in [-0.1, -0.05) is 63.4 Å². The third kappa shape index (κ3) is 3.62. The van der Waals surface area contributed by atoms with Crippen LogP contribution in [0.15, 0.2) is 30.3 Å². The molecule has 0 saturated heterocycles. The Labute approximate surface area is 123 Å². The Kier molecular flexibility index (Phi) is 6.06. The van der Waals surface area contributed by atoms with Gasteiger partial charge in [-0.25, -0.2) is 0 Å². The minimum atomic E-state index is -0.372. The normalized spacial score (nSPS) is 20.0. The van der Waals surface area contributed by atoms with Gasteiger partial charge in [0.1, 0.15) is 0 Å². The van der Waals surface area contributed by atoms with E-state index in [2.05, 4.69) is 18.7 Å². The molecular formula is C18H29NO. The van der Waals surface area contributed by atoms with Crippen molar-refractivity contribution in [3.05, 3.63) is 35.9 Å². The molecule has 0 heterocycles. The van der Waals surface area contributed by atoms with Crippen LogP contribution in [-0.4, -0.2) is 28.6 Å². The Balaban J connectivity index is 2.11. The molecule has 0 radical (unpaired) electrons. The van der Waals surface area contributed by atoms with Crippen molar-refractivity contribution in [3.8, 4) is 0 Å². The van der Waals surface area contributed by atoms with Gasteiger partial charge in [0.15, 0.2) is 0 Å². The fraction of sp³-hybridized carbons (Fsp3) is 0.667. The Morgan fingerprint density at radius 1 is 1.10 bits per heavy atom. The van der Waals surface area contributed by atoms with Crippen molar-refractivity contribution in [2.24, 2.45) is 0 Å². The predicted octanol–water partition coefficient (Wildman–Crippen LogP) is 4.15. The number of aliphatic hydroxyl groups excluding tert-OH is 1. The lowest BCUT2D eigenvalue weighted by atomic mass is 9.90. The molecule has 2 rings (SSSR count). The highest BCUT2D eigenvalue weighted by Crippen LogP contribution is 2.30. The van der Waals surface area contributed by atoms with Crippen molar-refractivity contribution in [1.29, 1.82) is 0 Å². The molecule has 112 valence electrons. The molecule has 1 fully saturated rings. The van der Waals surface area contributed by atoms with Gasteiger partial charge in [-0.15, -0.1) is 0 Å². The Hall–Kier alpha value is -0.860. The van der Waals surface area contributed by atoms with Gasteiger partial charge in [-0.3, -0.25) is 4.90 Å². The summed E-state index contributed by atoms with van der Waals surface area (Å²) in [7, 11) is 0. The van der Waals surface area contributed by atoms with E-state index in [1.54, 1.807) is 0 Å². The maximum absolute atomic E-state index is 10.8. The van der Waals surface area contributed by atoms with E-state index in [0.717, 1.165) is 18.5 Å². The molecule has 1 aromatic carbocycles. The molecule has 2 unspecified atom stereocenters. The fourth-order valence-corrected chi connectivity index (χ4v) is 3.69. The molecular weight excluding hydrogens is 246 g/mol. The summed E-state index contributed by atoms with van der Waals surface area (Å²) in [6.45, 7) is 5.46. The summed E-state index contributed by atoms with van der Waals surface area (Å²) < 4.78 is 0. The zero-order valence-corrected chi connectivity index (χ0v) is 13.0. The van der Waals surface area contributed by atoms with Gasteiger partial charge in [0, 0.05) is 12.1 Å². The third-order valence-electron chi connectivity index (χ3n) is 4.76. The first-order chi connectivity index (χ1) is 9.77. The second-order valence-electron chi connectivity index (χ2n) is 5.95. The number of rotatable bonds is 6. The molecule has 1 aromatic rings. The summed E-state index contributed by atoms with van der Waals surface area (Å²) in [5, 5.41) is 10.8. The highest BCUT2D eigenvalue weighted by atomic mass is 16.3. The van der Waals surface area contributed by atoms with Crippen molar-refractivity contribution in [2.45, 2.75) is 70.6 Å². The first-order valence-electron chi connectivity index (χ1n) is 8.26. The van der Waals surface area contributed by atoms with E-state index in [0.29, 0.717) is 6.04 Å². The van der Waals surface area contributed by atoms with Crippen LogP contribution < -0.4 is 0 Å². The summed E-state index contributed by atoms with van der Waals surface area (Å²) in [5.74, 6) is 0. The number of benzene rings is 1. The van der Waals surface area contributed by atoms with E-state index < -0.39 is 0 Å². The first kappa shape index (κ1) is 15.5. The van der Waals surface area contributed by atoms with Gasteiger partial charge >= 0.3 is 0 Å². The van der Waals surface area contributed by atoms with Gasteiger partial charge < -0.3 is 5.11 Å². The van der Waals surface area contributed by atoms with Gasteiger partial charge in [-0.05, 0) is 31.4 Å². The van der Waals surface area contributed by atoms with Crippen LogP contribution in [0.1, 0.15) is 64.0 Å². The Morgan fingerprint density at radius 3 is 2.30 bits per heavy atom. The second kappa shape index (κ2) is 7.80. The van der Waals surface area contributed by atoms with Gasteiger partial charge in [0.05, 0.1) is 6.10 Å². The van der Waals surface area contributed by atoms with Crippen LogP contribution in [0.5, 0.6) is 0 Å². The Bertz CT molecular complexity index is 372. The predicted molar refractivity (Wildman–Crippen MR) is 84.7 cm³/mol. The quantitative estimate of drug-likeness (QED) is 0.843. The number of hydrogen-bond donors (Lipinski definition) is 1. The van der Waals surface area contributed by atoms with E-state index in [9.17, 15) is 5.11 Å². The average Bonchev–Trinajstić information content (AvgIpc) is 2.53. The molecule has 0 amide bonds. The molecule has 20 heavy (non-hydrogen) atoms. The molecule has 0 spiro atoms. The lowest BCUT2D eigenvalue weighted by Crippen LogP contribution is -2.46. The highest BCUT2D eigenvalue weighted by Gasteiger charge is 2.30. The summed E-state index contributed by atoms with van der Waals surface area (Å²) in [6.07, 6.45) is 7.30. The summed E-state index contributed by atoms with van der Waals surface area (Å²) in [5.41, 5.74) is 1.05. The third-order valence-corrected chi connectivity index (χ3v) is 4.76. The van der Waals surface area contributed by atoms with Gasteiger partial charge in [0.2, 0.25) is 0 Å². The van der Waals surface area contributed by atoms with Crippen molar-refractivity contribution >= 4 is 0 Å². The summed E-state index contributed by atoms with van der Waals surface area (Å²) in [4.78, 5) is 2.55. The molecule has 0 aromatic heterocycles. The van der Waals surface area contributed by atoms with Crippen molar-refractivity contribution in [1.82, 2.24) is 4.90 Å². The van der Waals surface area contributed by atoms with Crippen LogP contribution in [0, 0.1) is 0 Å². The minimum absolute atomic E-state index is 0.241. The molecule has 2 atom stereocenters. The molecule has 1 saturated carbocycles. The number of aliphatic hydroxyl groups is 1. The zero-order valence-electron chi connectivity index (χ0n) is 13.0. The first-order valence-corrected chi connectivity index (χ1v) is 8.26.